The van der Waals surface area contributed by atoms with E-state index in [2.05, 4.69) is 29.0 Å². The zero-order chi connectivity index (χ0) is 16.4. The highest BCUT2D eigenvalue weighted by Gasteiger charge is 2.15. The molecule has 0 fully saturated rings. The minimum absolute atomic E-state index is 0.204. The van der Waals surface area contributed by atoms with Gasteiger partial charge in [-0.05, 0) is 43.0 Å². The lowest BCUT2D eigenvalue weighted by molar-refractivity contribution is 0.375. The predicted octanol–water partition coefficient (Wildman–Crippen LogP) is 3.12. The first kappa shape index (κ1) is 15.3. The minimum atomic E-state index is -0.204. The van der Waals surface area contributed by atoms with Gasteiger partial charge in [0.05, 0.1) is 18.2 Å². The van der Waals surface area contributed by atoms with Crippen LogP contribution in [0.2, 0.25) is 0 Å². The summed E-state index contributed by atoms with van der Waals surface area (Å²) in [5, 5.41) is 3.90. The first-order valence-corrected chi connectivity index (χ1v) is 7.61. The Morgan fingerprint density at radius 3 is 2.74 bits per heavy atom. The van der Waals surface area contributed by atoms with E-state index in [1.165, 1.54) is 0 Å². The lowest BCUT2D eigenvalue weighted by Crippen LogP contribution is -2.13. The molecule has 0 aliphatic rings. The van der Waals surface area contributed by atoms with Crippen LogP contribution >= 0.6 is 0 Å². The number of hydrogen-bond donors (Lipinski definition) is 1. The molecule has 0 radical (unpaired) electrons. The van der Waals surface area contributed by atoms with Crippen molar-refractivity contribution in [3.63, 3.8) is 0 Å². The van der Waals surface area contributed by atoms with Gasteiger partial charge in [-0.1, -0.05) is 19.0 Å². The molecule has 0 bridgehead atoms. The fourth-order valence-electron chi connectivity index (χ4n) is 2.41. The molecule has 120 valence electrons. The monoisotopic (exact) mass is 313 g/mol. The van der Waals surface area contributed by atoms with Gasteiger partial charge in [0.15, 0.2) is 0 Å². The molecule has 0 amide bonds. The summed E-state index contributed by atoms with van der Waals surface area (Å²) < 4.78 is 10.6. The van der Waals surface area contributed by atoms with E-state index in [1.807, 2.05) is 19.1 Å². The molecule has 6 heteroatoms. The number of pyridine rings is 1. The first-order chi connectivity index (χ1) is 11.0. The molecule has 3 heterocycles. The number of H-pyrrole nitrogens is 1. The minimum Gasteiger partial charge on any atom is -0.469 e. The molecule has 0 aromatic carbocycles. The van der Waals surface area contributed by atoms with Crippen LogP contribution in [-0.2, 0) is 12.8 Å². The van der Waals surface area contributed by atoms with Crippen molar-refractivity contribution in [1.82, 2.24) is 15.1 Å². The number of nitrogens with zero attached hydrogens (tertiary/aromatic N) is 2. The topological polar surface area (TPSA) is 84.9 Å². The fourth-order valence-corrected chi connectivity index (χ4v) is 2.41. The third kappa shape index (κ3) is 3.41. The molecule has 0 saturated heterocycles. The zero-order valence-corrected chi connectivity index (χ0v) is 13.4. The smallest absolute Gasteiger partial charge is 0.259 e. The van der Waals surface area contributed by atoms with Gasteiger partial charge in [0.25, 0.3) is 5.56 Å². The van der Waals surface area contributed by atoms with Gasteiger partial charge in [-0.2, -0.15) is 4.98 Å². The molecule has 0 saturated carbocycles. The van der Waals surface area contributed by atoms with Crippen LogP contribution in [0.25, 0.3) is 11.4 Å². The Morgan fingerprint density at radius 1 is 1.26 bits per heavy atom. The van der Waals surface area contributed by atoms with Gasteiger partial charge in [0.1, 0.15) is 5.76 Å². The van der Waals surface area contributed by atoms with E-state index in [0.29, 0.717) is 29.6 Å². The summed E-state index contributed by atoms with van der Waals surface area (Å²) in [5.41, 5.74) is 2.14. The summed E-state index contributed by atoms with van der Waals surface area (Å²) in [7, 11) is 0. The Labute approximate surface area is 133 Å². The lowest BCUT2D eigenvalue weighted by Gasteiger charge is -2.04. The third-order valence-corrected chi connectivity index (χ3v) is 3.59. The molecule has 3 aromatic rings. The highest BCUT2D eigenvalue weighted by molar-refractivity contribution is 5.52. The molecule has 0 aliphatic heterocycles. The van der Waals surface area contributed by atoms with E-state index in [-0.39, 0.29) is 5.56 Å². The van der Waals surface area contributed by atoms with Crippen molar-refractivity contribution in [2.24, 2.45) is 5.92 Å². The molecule has 0 atom stereocenters. The van der Waals surface area contributed by atoms with Crippen LogP contribution in [0.1, 0.15) is 36.8 Å². The second kappa shape index (κ2) is 6.24. The van der Waals surface area contributed by atoms with Gasteiger partial charge in [-0.15, -0.1) is 0 Å². The van der Waals surface area contributed by atoms with Crippen molar-refractivity contribution in [3.8, 4) is 11.4 Å². The van der Waals surface area contributed by atoms with Crippen LogP contribution in [0.15, 0.2) is 38.2 Å². The lowest BCUT2D eigenvalue weighted by atomic mass is 10.1. The molecule has 0 unspecified atom stereocenters. The van der Waals surface area contributed by atoms with E-state index in [1.54, 1.807) is 12.3 Å². The number of furan rings is 1. The second-order valence-corrected chi connectivity index (χ2v) is 6.04. The van der Waals surface area contributed by atoms with Crippen LogP contribution in [0.3, 0.4) is 0 Å². The number of hydrogen-bond acceptors (Lipinski definition) is 5. The van der Waals surface area contributed by atoms with E-state index in [9.17, 15) is 4.79 Å². The number of rotatable bonds is 5. The van der Waals surface area contributed by atoms with E-state index < -0.39 is 0 Å². The maximum atomic E-state index is 12.2. The number of nitrogens with one attached hydrogen (secondary N) is 1. The second-order valence-electron chi connectivity index (χ2n) is 6.04. The number of aromatic nitrogens is 3. The summed E-state index contributed by atoms with van der Waals surface area (Å²) in [6, 6.07) is 5.51. The normalized spacial score (nSPS) is 11.3. The molecule has 3 aromatic heterocycles. The van der Waals surface area contributed by atoms with E-state index in [4.69, 9.17) is 8.94 Å². The third-order valence-electron chi connectivity index (χ3n) is 3.59. The van der Waals surface area contributed by atoms with Gasteiger partial charge in [-0.25, -0.2) is 0 Å². The van der Waals surface area contributed by atoms with Gasteiger partial charge in [-0.3, -0.25) is 4.79 Å². The number of aromatic amines is 1. The SMILES string of the molecule is Cc1ccoc1Cc1nc(-c2ccc(CC(C)C)[nH]c2=O)no1. The van der Waals surface area contributed by atoms with Crippen molar-refractivity contribution in [3.05, 3.63) is 57.7 Å². The van der Waals surface area contributed by atoms with Crippen LogP contribution in [0.5, 0.6) is 0 Å². The molecular weight excluding hydrogens is 294 g/mol. The molecule has 0 aliphatic carbocycles. The molecular formula is C17H19N3O3. The van der Waals surface area contributed by atoms with Crippen molar-refractivity contribution in [2.45, 2.75) is 33.6 Å². The maximum absolute atomic E-state index is 12.2. The summed E-state index contributed by atoms with van der Waals surface area (Å²) in [6.07, 6.45) is 2.86. The summed E-state index contributed by atoms with van der Waals surface area (Å²) in [4.78, 5) is 19.4. The van der Waals surface area contributed by atoms with Crippen molar-refractivity contribution in [2.75, 3.05) is 0 Å². The Morgan fingerprint density at radius 2 is 2.09 bits per heavy atom. The number of aryl methyl sites for hydroxylation is 1. The van der Waals surface area contributed by atoms with Crippen LogP contribution in [0.4, 0.5) is 0 Å². The molecule has 3 rings (SSSR count). The van der Waals surface area contributed by atoms with Crippen molar-refractivity contribution >= 4 is 0 Å². The average molecular weight is 313 g/mol. The molecule has 0 spiro atoms. The highest BCUT2D eigenvalue weighted by atomic mass is 16.5. The van der Waals surface area contributed by atoms with Crippen molar-refractivity contribution in [1.29, 1.82) is 0 Å². The van der Waals surface area contributed by atoms with Crippen LogP contribution in [0, 0.1) is 12.8 Å². The average Bonchev–Trinajstić information content (AvgIpc) is 3.09. The summed E-state index contributed by atoms with van der Waals surface area (Å²) in [6.45, 7) is 6.16. The Bertz CT molecular complexity index is 858. The standard InChI is InChI=1S/C17H19N3O3/c1-10(2)8-12-4-5-13(17(21)18-12)16-19-15(23-20-16)9-14-11(3)6-7-22-14/h4-7,10H,8-9H2,1-3H3,(H,18,21). The van der Waals surface area contributed by atoms with E-state index >= 15 is 0 Å². The highest BCUT2D eigenvalue weighted by Crippen LogP contribution is 2.17. The van der Waals surface area contributed by atoms with Crippen LogP contribution in [-0.4, -0.2) is 15.1 Å². The van der Waals surface area contributed by atoms with Gasteiger partial charge < -0.3 is 13.9 Å². The Kier molecular flexibility index (Phi) is 4.14. The summed E-state index contributed by atoms with van der Waals surface area (Å²) >= 11 is 0. The molecule has 23 heavy (non-hydrogen) atoms. The van der Waals surface area contributed by atoms with E-state index in [0.717, 1.165) is 23.4 Å². The largest absolute Gasteiger partial charge is 0.469 e. The zero-order valence-electron chi connectivity index (χ0n) is 13.4. The molecule has 1 N–H and O–H groups in total. The Balaban J connectivity index is 1.83. The fraction of sp³-hybridized carbons (Fsp3) is 0.353. The predicted molar refractivity (Wildman–Crippen MR) is 85.1 cm³/mol. The van der Waals surface area contributed by atoms with Gasteiger partial charge >= 0.3 is 0 Å². The van der Waals surface area contributed by atoms with Gasteiger partial charge in [0, 0.05) is 5.69 Å². The first-order valence-electron chi connectivity index (χ1n) is 7.61. The van der Waals surface area contributed by atoms with Gasteiger partial charge in [0.2, 0.25) is 11.7 Å². The quantitative estimate of drug-likeness (QED) is 0.782. The molecule has 6 nitrogen and oxygen atoms in total. The summed E-state index contributed by atoms with van der Waals surface area (Å²) in [5.74, 6) is 1.97. The van der Waals surface area contributed by atoms with Crippen molar-refractivity contribution < 1.29 is 8.94 Å². The maximum Gasteiger partial charge on any atom is 0.259 e. The Hall–Kier alpha value is -2.63. The van der Waals surface area contributed by atoms with Crippen LogP contribution < -0.4 is 5.56 Å².